The SMILES string of the molecule is OC[C@H]1O[C@@](CO)(O[C@H]2O[C@H](COCl)[C@@H](O)[C@H](O)[C@H]2O)[C@@H](O)[C@@H]1O.[H-].[Na+]. The normalized spacial score (nSPS) is 47.5. The Morgan fingerprint density at radius 1 is 0.960 bits per heavy atom. The maximum atomic E-state index is 10.0. The summed E-state index contributed by atoms with van der Waals surface area (Å²) < 4.78 is 20.0. The molecule has 0 aliphatic carbocycles. The van der Waals surface area contributed by atoms with Gasteiger partial charge in [-0.2, -0.15) is 0 Å². The Hall–Kier alpha value is 0.850. The van der Waals surface area contributed by atoms with Crippen LogP contribution in [-0.4, -0.2) is 110 Å². The molecule has 7 N–H and O–H groups in total. The van der Waals surface area contributed by atoms with Gasteiger partial charge in [-0.1, -0.05) is 0 Å². The molecule has 0 radical (unpaired) electrons. The van der Waals surface area contributed by atoms with Gasteiger partial charge in [-0.25, -0.2) is 0 Å². The van der Waals surface area contributed by atoms with E-state index in [0.29, 0.717) is 0 Å². The maximum Gasteiger partial charge on any atom is 1.00 e. The van der Waals surface area contributed by atoms with Crippen LogP contribution in [0.4, 0.5) is 0 Å². The summed E-state index contributed by atoms with van der Waals surface area (Å²) in [6.07, 6.45) is -12.4. The summed E-state index contributed by atoms with van der Waals surface area (Å²) in [6, 6.07) is 0. The van der Waals surface area contributed by atoms with E-state index in [2.05, 4.69) is 4.29 Å². The Labute approximate surface area is 171 Å². The average molecular weight is 401 g/mol. The van der Waals surface area contributed by atoms with Gasteiger partial charge in [-0.3, -0.25) is 4.29 Å². The summed E-state index contributed by atoms with van der Waals surface area (Å²) in [5.41, 5.74) is 0. The third-order valence-electron chi connectivity index (χ3n) is 4.12. The molecule has 2 aliphatic rings. The zero-order valence-corrected chi connectivity index (χ0v) is 16.1. The van der Waals surface area contributed by atoms with Crippen LogP contribution < -0.4 is 29.6 Å². The van der Waals surface area contributed by atoms with E-state index in [1.54, 1.807) is 0 Å². The van der Waals surface area contributed by atoms with E-state index in [-0.39, 0.29) is 37.6 Å². The quantitative estimate of drug-likeness (QED) is 0.211. The molecule has 9 atom stereocenters. The van der Waals surface area contributed by atoms with Crippen molar-refractivity contribution >= 4 is 11.9 Å². The van der Waals surface area contributed by atoms with Crippen molar-refractivity contribution in [3.05, 3.63) is 0 Å². The molecule has 0 bridgehead atoms. The molecular formula is C12H22ClNaO11. The van der Waals surface area contributed by atoms with Crippen LogP contribution in [-0.2, 0) is 18.5 Å². The Morgan fingerprint density at radius 2 is 1.60 bits per heavy atom. The molecule has 0 spiro atoms. The zero-order valence-electron chi connectivity index (χ0n) is 14.4. The molecule has 2 saturated heterocycles. The molecule has 2 heterocycles. The summed E-state index contributed by atoms with van der Waals surface area (Å²) in [6.45, 7) is -1.98. The number of aliphatic hydroxyl groups is 7. The molecule has 13 heteroatoms. The third-order valence-corrected chi connectivity index (χ3v) is 4.24. The van der Waals surface area contributed by atoms with Crippen molar-refractivity contribution in [1.29, 1.82) is 0 Å². The van der Waals surface area contributed by atoms with Crippen LogP contribution >= 0.6 is 11.9 Å². The predicted octanol–water partition coefficient (Wildman–Crippen LogP) is -7.10. The van der Waals surface area contributed by atoms with Gasteiger partial charge in [0.25, 0.3) is 0 Å². The number of ether oxygens (including phenoxy) is 3. The van der Waals surface area contributed by atoms with E-state index in [1.807, 2.05) is 0 Å². The predicted molar refractivity (Wildman–Crippen MR) is 74.5 cm³/mol. The second kappa shape index (κ2) is 9.87. The van der Waals surface area contributed by atoms with Gasteiger partial charge < -0.3 is 51.4 Å². The first-order valence-electron chi connectivity index (χ1n) is 7.18. The largest absolute Gasteiger partial charge is 1.00 e. The van der Waals surface area contributed by atoms with E-state index < -0.39 is 68.0 Å². The molecule has 0 saturated carbocycles. The third kappa shape index (κ3) is 4.65. The number of hydrogen-bond acceptors (Lipinski definition) is 11. The summed E-state index contributed by atoms with van der Waals surface area (Å²) in [5.74, 6) is -2.22. The van der Waals surface area contributed by atoms with Crippen molar-refractivity contribution in [2.45, 2.75) is 54.8 Å². The molecule has 2 aliphatic heterocycles. The Kier molecular flexibility index (Phi) is 9.43. The Morgan fingerprint density at radius 3 is 2.08 bits per heavy atom. The van der Waals surface area contributed by atoms with Crippen LogP contribution in [0.15, 0.2) is 0 Å². The molecule has 2 rings (SSSR count). The number of rotatable bonds is 6. The number of hydrogen-bond donors (Lipinski definition) is 7. The standard InChI is InChI=1S/C12H21ClO11.Na.H/c13-21-2-5-6(16)8(18)9(19)11(22-5)24-12(3-15)10(20)7(17)4(1-14)23-12;;/h4-11,14-20H,1-3H2;;/q;+1;-1/t4-,5-,6-,7-,8+,9-,10+,11-,12+;;/m1../s1. The van der Waals surface area contributed by atoms with Gasteiger partial charge in [-0.05, 0) is 0 Å². The molecule has 11 nitrogen and oxygen atoms in total. The first-order chi connectivity index (χ1) is 11.3. The second-order valence-corrected chi connectivity index (χ2v) is 5.87. The minimum absolute atomic E-state index is 0. The minimum atomic E-state index is -2.22. The van der Waals surface area contributed by atoms with Crippen LogP contribution in [0.2, 0.25) is 0 Å². The van der Waals surface area contributed by atoms with Crippen molar-refractivity contribution < 1.29 is 85.2 Å². The summed E-state index contributed by atoms with van der Waals surface area (Å²) in [4.78, 5) is 0. The van der Waals surface area contributed by atoms with Gasteiger partial charge in [0.1, 0.15) is 49.3 Å². The van der Waals surface area contributed by atoms with Crippen molar-refractivity contribution in [1.82, 2.24) is 0 Å². The van der Waals surface area contributed by atoms with E-state index in [4.69, 9.17) is 31.2 Å². The van der Waals surface area contributed by atoms with Crippen molar-refractivity contribution in [3.8, 4) is 0 Å². The fourth-order valence-corrected chi connectivity index (χ4v) is 2.80. The first-order valence-corrected chi connectivity index (χ1v) is 7.48. The first kappa shape index (κ1) is 23.9. The van der Waals surface area contributed by atoms with Gasteiger partial charge in [-0.15, -0.1) is 0 Å². The van der Waals surface area contributed by atoms with Gasteiger partial charge in [0.15, 0.2) is 6.29 Å². The molecule has 2 fully saturated rings. The smallest absolute Gasteiger partial charge is 1.00 e. The average Bonchev–Trinajstić information content (AvgIpc) is 2.82. The fraction of sp³-hybridized carbons (Fsp3) is 1.00. The van der Waals surface area contributed by atoms with Crippen molar-refractivity contribution in [2.75, 3.05) is 19.8 Å². The van der Waals surface area contributed by atoms with Crippen LogP contribution in [0.1, 0.15) is 1.43 Å². The molecular weight excluding hydrogens is 379 g/mol. The van der Waals surface area contributed by atoms with Crippen molar-refractivity contribution in [3.63, 3.8) is 0 Å². The molecule has 0 aromatic carbocycles. The second-order valence-electron chi connectivity index (χ2n) is 5.65. The van der Waals surface area contributed by atoms with E-state index in [9.17, 15) is 30.6 Å². The van der Waals surface area contributed by atoms with E-state index in [1.165, 1.54) is 0 Å². The van der Waals surface area contributed by atoms with E-state index in [0.717, 1.165) is 0 Å². The fourth-order valence-electron chi connectivity index (χ4n) is 2.68. The Balaban J connectivity index is 0.00000312. The van der Waals surface area contributed by atoms with Crippen LogP contribution in [0, 0.1) is 0 Å². The summed E-state index contributed by atoms with van der Waals surface area (Å²) in [5, 5.41) is 68.1. The van der Waals surface area contributed by atoms with E-state index >= 15 is 0 Å². The van der Waals surface area contributed by atoms with Gasteiger partial charge in [0.2, 0.25) is 5.79 Å². The molecule has 144 valence electrons. The van der Waals surface area contributed by atoms with Crippen LogP contribution in [0.5, 0.6) is 0 Å². The topological polar surface area (TPSA) is 179 Å². The molecule has 0 aromatic heterocycles. The summed E-state index contributed by atoms with van der Waals surface area (Å²) >= 11 is 5.10. The van der Waals surface area contributed by atoms with Gasteiger partial charge >= 0.3 is 29.6 Å². The Bertz CT molecular complexity index is 427. The zero-order chi connectivity index (χ0) is 18.1. The minimum Gasteiger partial charge on any atom is -1.00 e. The van der Waals surface area contributed by atoms with Crippen LogP contribution in [0.25, 0.3) is 0 Å². The van der Waals surface area contributed by atoms with Crippen molar-refractivity contribution in [2.24, 2.45) is 0 Å². The number of halogens is 1. The molecule has 0 amide bonds. The number of aliphatic hydroxyl groups excluding tert-OH is 7. The summed E-state index contributed by atoms with van der Waals surface area (Å²) in [7, 11) is 0. The molecule has 0 aromatic rings. The van der Waals surface area contributed by atoms with Gasteiger partial charge in [0, 0.05) is 0 Å². The van der Waals surface area contributed by atoms with Gasteiger partial charge in [0.05, 0.1) is 25.1 Å². The molecule has 0 unspecified atom stereocenters. The monoisotopic (exact) mass is 400 g/mol. The maximum absolute atomic E-state index is 10.0. The van der Waals surface area contributed by atoms with Crippen LogP contribution in [0.3, 0.4) is 0 Å². The molecule has 25 heavy (non-hydrogen) atoms.